The number of carbonyl (C=O) groups excluding carboxylic acids is 1. The summed E-state index contributed by atoms with van der Waals surface area (Å²) in [5.74, 6) is 0.748. The van der Waals surface area contributed by atoms with E-state index in [1.165, 1.54) is 0 Å². The van der Waals surface area contributed by atoms with E-state index in [-0.39, 0.29) is 0 Å². The first-order chi connectivity index (χ1) is 10.1. The van der Waals surface area contributed by atoms with Crippen LogP contribution in [0.1, 0.15) is 29.5 Å². The lowest BCUT2D eigenvalue weighted by atomic mass is 10.2. The van der Waals surface area contributed by atoms with Crippen LogP contribution >= 0.6 is 0 Å². The molecule has 1 aliphatic heterocycles. The van der Waals surface area contributed by atoms with Gasteiger partial charge in [-0.2, -0.15) is 4.98 Å². The summed E-state index contributed by atoms with van der Waals surface area (Å²) in [5, 5.41) is 0.630. The Hall–Kier alpha value is -2.11. The van der Waals surface area contributed by atoms with Gasteiger partial charge in [-0.15, -0.1) is 0 Å². The third-order valence-electron chi connectivity index (χ3n) is 3.65. The van der Waals surface area contributed by atoms with E-state index in [0.29, 0.717) is 54.4 Å². The Morgan fingerprint density at radius 1 is 1.57 bits per heavy atom. The lowest BCUT2D eigenvalue weighted by molar-refractivity contribution is 0.0526. The van der Waals surface area contributed by atoms with Gasteiger partial charge in [-0.05, 0) is 32.4 Å². The second-order valence-electron chi connectivity index (χ2n) is 5.11. The second kappa shape index (κ2) is 5.35. The average Bonchev–Trinajstić information content (AvgIpc) is 3.00. The predicted molar refractivity (Wildman–Crippen MR) is 76.4 cm³/mol. The molecule has 1 aliphatic rings. The minimum Gasteiger partial charge on any atom is -0.462 e. The van der Waals surface area contributed by atoms with E-state index >= 15 is 0 Å². The quantitative estimate of drug-likeness (QED) is 0.814. The van der Waals surface area contributed by atoms with Crippen molar-refractivity contribution in [1.29, 1.82) is 0 Å². The lowest BCUT2D eigenvalue weighted by Gasteiger charge is -2.15. The van der Waals surface area contributed by atoms with Crippen LogP contribution in [0.15, 0.2) is 16.5 Å². The number of hydrogen-bond donors (Lipinski definition) is 0. The summed E-state index contributed by atoms with van der Waals surface area (Å²) in [6.45, 7) is 4.77. The topological polar surface area (TPSA) is 55.6 Å². The molecule has 0 bridgehead atoms. The van der Waals surface area contributed by atoms with Gasteiger partial charge in [0, 0.05) is 6.54 Å². The molecular weight excluding hydrogens is 275 g/mol. The fourth-order valence-electron chi connectivity index (χ4n) is 2.64. The molecule has 2 aromatic rings. The van der Waals surface area contributed by atoms with Crippen LogP contribution in [0.3, 0.4) is 0 Å². The van der Waals surface area contributed by atoms with Gasteiger partial charge in [-0.3, -0.25) is 0 Å². The van der Waals surface area contributed by atoms with E-state index in [4.69, 9.17) is 9.15 Å². The third-order valence-corrected chi connectivity index (χ3v) is 3.65. The van der Waals surface area contributed by atoms with Crippen molar-refractivity contribution in [3.63, 3.8) is 0 Å². The largest absolute Gasteiger partial charge is 0.462 e. The van der Waals surface area contributed by atoms with Crippen molar-refractivity contribution in [2.24, 2.45) is 0 Å². The molecule has 1 saturated heterocycles. The summed E-state index contributed by atoms with van der Waals surface area (Å²) >= 11 is 0. The first kappa shape index (κ1) is 13.9. The van der Waals surface area contributed by atoms with Gasteiger partial charge >= 0.3 is 5.97 Å². The van der Waals surface area contributed by atoms with Crippen LogP contribution in [0.5, 0.6) is 0 Å². The molecule has 21 heavy (non-hydrogen) atoms. The molecule has 0 N–H and O–H groups in total. The summed E-state index contributed by atoms with van der Waals surface area (Å²) < 4.78 is 23.9. The normalized spacial score (nSPS) is 18.4. The molecule has 3 rings (SSSR count). The van der Waals surface area contributed by atoms with E-state index in [9.17, 15) is 9.18 Å². The van der Waals surface area contributed by atoms with Crippen LogP contribution in [0.25, 0.3) is 11.1 Å². The van der Waals surface area contributed by atoms with Gasteiger partial charge < -0.3 is 14.1 Å². The smallest absolute Gasteiger partial charge is 0.342 e. The van der Waals surface area contributed by atoms with Crippen LogP contribution < -0.4 is 4.90 Å². The molecule has 0 aliphatic carbocycles. The molecule has 3 heterocycles. The number of esters is 1. The SMILES string of the molecule is CCOC(=O)c1c(C)oc2nc(N3CC[C@@H](F)C3)ccc12. The molecule has 0 radical (unpaired) electrons. The van der Waals surface area contributed by atoms with Crippen molar-refractivity contribution in [2.45, 2.75) is 26.4 Å². The molecule has 5 nitrogen and oxygen atoms in total. The zero-order valence-electron chi connectivity index (χ0n) is 12.1. The zero-order valence-corrected chi connectivity index (χ0v) is 12.1. The Balaban J connectivity index is 1.98. The molecule has 0 aromatic carbocycles. The number of ether oxygens (including phenoxy) is 1. The van der Waals surface area contributed by atoms with Gasteiger partial charge in [0.15, 0.2) is 0 Å². The van der Waals surface area contributed by atoms with Gasteiger partial charge in [-0.1, -0.05) is 0 Å². The maximum atomic E-state index is 13.3. The van der Waals surface area contributed by atoms with Gasteiger partial charge in [0.1, 0.15) is 23.3 Å². The number of furan rings is 1. The van der Waals surface area contributed by atoms with Gasteiger partial charge in [0.2, 0.25) is 5.71 Å². The minimum absolute atomic E-state index is 0.308. The second-order valence-corrected chi connectivity index (χ2v) is 5.11. The molecule has 112 valence electrons. The van der Waals surface area contributed by atoms with Crippen molar-refractivity contribution in [3.8, 4) is 0 Å². The summed E-state index contributed by atoms with van der Waals surface area (Å²) in [6.07, 6.45) is -0.291. The van der Waals surface area contributed by atoms with Crippen molar-refractivity contribution >= 4 is 22.9 Å². The number of carbonyl (C=O) groups is 1. The fourth-order valence-corrected chi connectivity index (χ4v) is 2.64. The Kier molecular flexibility index (Phi) is 3.53. The molecule has 0 unspecified atom stereocenters. The maximum absolute atomic E-state index is 13.3. The highest BCUT2D eigenvalue weighted by Gasteiger charge is 2.25. The number of hydrogen-bond acceptors (Lipinski definition) is 5. The first-order valence-electron chi connectivity index (χ1n) is 7.06. The average molecular weight is 292 g/mol. The molecule has 1 fully saturated rings. The molecule has 0 spiro atoms. The van der Waals surface area contributed by atoms with Gasteiger partial charge in [0.05, 0.1) is 18.5 Å². The highest BCUT2D eigenvalue weighted by molar-refractivity contribution is 6.03. The van der Waals surface area contributed by atoms with Crippen molar-refractivity contribution in [2.75, 3.05) is 24.6 Å². The predicted octanol–water partition coefficient (Wildman–Crippen LogP) is 2.86. The standard InChI is InChI=1S/C15H17FN2O3/c1-3-20-15(19)13-9(2)21-14-11(13)4-5-12(17-14)18-7-6-10(16)8-18/h4-5,10H,3,6-8H2,1-2H3/t10-/m1/s1. The van der Waals surface area contributed by atoms with E-state index in [2.05, 4.69) is 4.98 Å². The summed E-state index contributed by atoms with van der Waals surface area (Å²) in [4.78, 5) is 18.2. The maximum Gasteiger partial charge on any atom is 0.342 e. The van der Waals surface area contributed by atoms with E-state index in [1.54, 1.807) is 26.0 Å². The number of halogens is 1. The van der Waals surface area contributed by atoms with E-state index < -0.39 is 12.1 Å². The van der Waals surface area contributed by atoms with Crippen LogP contribution in [-0.4, -0.2) is 36.8 Å². The Bertz CT molecular complexity index is 683. The summed E-state index contributed by atoms with van der Waals surface area (Å²) in [7, 11) is 0. The van der Waals surface area contributed by atoms with E-state index in [1.807, 2.05) is 4.90 Å². The first-order valence-corrected chi connectivity index (χ1v) is 7.06. The van der Waals surface area contributed by atoms with Crippen molar-refractivity contribution in [3.05, 3.63) is 23.5 Å². The molecule has 1 atom stereocenters. The van der Waals surface area contributed by atoms with Gasteiger partial charge in [0.25, 0.3) is 0 Å². The van der Waals surface area contributed by atoms with Crippen molar-refractivity contribution < 1.29 is 18.3 Å². The third kappa shape index (κ3) is 2.46. The van der Waals surface area contributed by atoms with Gasteiger partial charge in [-0.25, -0.2) is 9.18 Å². The molecule has 0 saturated carbocycles. The van der Waals surface area contributed by atoms with Crippen LogP contribution in [-0.2, 0) is 4.74 Å². The number of anilines is 1. The van der Waals surface area contributed by atoms with Crippen molar-refractivity contribution in [1.82, 2.24) is 4.98 Å². The highest BCUT2D eigenvalue weighted by atomic mass is 19.1. The fraction of sp³-hybridized carbons (Fsp3) is 0.467. The number of aryl methyl sites for hydroxylation is 1. The zero-order chi connectivity index (χ0) is 15.0. The number of fused-ring (bicyclic) bond motifs is 1. The molecule has 6 heteroatoms. The molecular formula is C15H17FN2O3. The summed E-state index contributed by atoms with van der Waals surface area (Å²) in [6, 6.07) is 3.57. The molecule has 2 aromatic heterocycles. The summed E-state index contributed by atoms with van der Waals surface area (Å²) in [5.41, 5.74) is 0.797. The van der Waals surface area contributed by atoms with Crippen LogP contribution in [0, 0.1) is 6.92 Å². The number of alkyl halides is 1. The van der Waals surface area contributed by atoms with Crippen LogP contribution in [0.4, 0.5) is 10.2 Å². The lowest BCUT2D eigenvalue weighted by Crippen LogP contribution is -2.20. The Morgan fingerprint density at radius 2 is 2.38 bits per heavy atom. The van der Waals surface area contributed by atoms with Crippen LogP contribution in [0.2, 0.25) is 0 Å². The Labute approximate surface area is 121 Å². The number of aromatic nitrogens is 1. The Morgan fingerprint density at radius 3 is 3.05 bits per heavy atom. The number of nitrogens with zero attached hydrogens (tertiary/aromatic N) is 2. The monoisotopic (exact) mass is 292 g/mol. The number of rotatable bonds is 3. The molecule has 0 amide bonds. The minimum atomic E-state index is -0.809. The van der Waals surface area contributed by atoms with E-state index in [0.717, 1.165) is 0 Å². The number of pyridine rings is 1. The highest BCUT2D eigenvalue weighted by Crippen LogP contribution is 2.28.